The van der Waals surface area contributed by atoms with E-state index in [2.05, 4.69) is 27.3 Å². The van der Waals surface area contributed by atoms with Crippen LogP contribution >= 0.6 is 27.7 Å². The molecule has 0 bridgehead atoms. The second kappa shape index (κ2) is 6.84. The minimum atomic E-state index is 0.138. The van der Waals surface area contributed by atoms with E-state index in [1.165, 1.54) is 24.3 Å². The lowest BCUT2D eigenvalue weighted by Crippen LogP contribution is -2.19. The Balaban J connectivity index is 1.75. The van der Waals surface area contributed by atoms with Crippen LogP contribution in [0.5, 0.6) is 0 Å². The Labute approximate surface area is 137 Å². The molecule has 0 unspecified atom stereocenters. The second-order valence-corrected chi connectivity index (χ2v) is 7.53. The van der Waals surface area contributed by atoms with Crippen LogP contribution < -0.4 is 5.32 Å². The van der Waals surface area contributed by atoms with Crippen molar-refractivity contribution in [2.45, 2.75) is 19.3 Å². The van der Waals surface area contributed by atoms with Crippen LogP contribution in [-0.2, 0) is 4.79 Å². The largest absolute Gasteiger partial charge is 0.326 e. The van der Waals surface area contributed by atoms with Gasteiger partial charge in [-0.05, 0) is 47.8 Å². The second-order valence-electron chi connectivity index (χ2n) is 5.45. The third-order valence-corrected chi connectivity index (χ3v) is 5.70. The smallest absolute Gasteiger partial charge is 0.224 e. The van der Waals surface area contributed by atoms with Crippen molar-refractivity contribution >= 4 is 50.1 Å². The molecule has 0 atom stereocenters. The maximum Gasteiger partial charge on any atom is 0.224 e. The Morgan fingerprint density at radius 1 is 1.14 bits per heavy atom. The molecule has 0 spiro atoms. The molecule has 3 rings (SSSR count). The first-order valence-electron chi connectivity index (χ1n) is 7.29. The van der Waals surface area contributed by atoms with Crippen molar-refractivity contribution in [3.8, 4) is 0 Å². The molecule has 2 nitrogen and oxygen atoms in total. The maximum atomic E-state index is 12.3. The number of anilines is 1. The number of carbonyl (C=O) groups is 1. The third-order valence-electron chi connectivity index (χ3n) is 3.96. The van der Waals surface area contributed by atoms with Crippen LogP contribution in [0.2, 0.25) is 0 Å². The van der Waals surface area contributed by atoms with Crippen LogP contribution in [0.1, 0.15) is 19.3 Å². The first-order chi connectivity index (χ1) is 10.2. The predicted molar refractivity (Wildman–Crippen MR) is 94.9 cm³/mol. The molecule has 1 saturated heterocycles. The van der Waals surface area contributed by atoms with Gasteiger partial charge >= 0.3 is 0 Å². The molecule has 2 aromatic carbocycles. The van der Waals surface area contributed by atoms with Gasteiger partial charge in [-0.1, -0.05) is 40.2 Å². The summed E-state index contributed by atoms with van der Waals surface area (Å²) in [7, 11) is 0. The highest BCUT2D eigenvalue weighted by molar-refractivity contribution is 9.10. The van der Waals surface area contributed by atoms with Crippen LogP contribution in [0.15, 0.2) is 40.9 Å². The lowest BCUT2D eigenvalue weighted by molar-refractivity contribution is -0.117. The quantitative estimate of drug-likeness (QED) is 0.824. The van der Waals surface area contributed by atoms with Gasteiger partial charge in [0.1, 0.15) is 0 Å². The van der Waals surface area contributed by atoms with E-state index in [1.807, 2.05) is 42.1 Å². The number of thioether (sulfide) groups is 1. The van der Waals surface area contributed by atoms with Gasteiger partial charge in [-0.3, -0.25) is 4.79 Å². The summed E-state index contributed by atoms with van der Waals surface area (Å²) in [6.07, 6.45) is 2.98. The molecule has 2 aromatic rings. The van der Waals surface area contributed by atoms with Crippen LogP contribution in [-0.4, -0.2) is 17.4 Å². The number of halogens is 1. The standard InChI is InChI=1S/C17H18BrNOS/c18-15-5-6-16(14-4-2-1-3-13(14)15)19-17(20)11-12-7-9-21-10-8-12/h1-6,12H,7-11H2,(H,19,20). The number of fused-ring (bicyclic) bond motifs is 1. The minimum Gasteiger partial charge on any atom is -0.326 e. The van der Waals surface area contributed by atoms with Crippen LogP contribution in [0.3, 0.4) is 0 Å². The zero-order chi connectivity index (χ0) is 14.7. The van der Waals surface area contributed by atoms with Gasteiger partial charge in [0.15, 0.2) is 0 Å². The van der Waals surface area contributed by atoms with E-state index in [4.69, 9.17) is 0 Å². The Hall–Kier alpha value is -1.00. The SMILES string of the molecule is O=C(CC1CCSCC1)Nc1ccc(Br)c2ccccc12. The van der Waals surface area contributed by atoms with Crippen LogP contribution in [0.25, 0.3) is 10.8 Å². The summed E-state index contributed by atoms with van der Waals surface area (Å²) in [4.78, 5) is 12.3. The fourth-order valence-electron chi connectivity index (χ4n) is 2.79. The van der Waals surface area contributed by atoms with Crippen molar-refractivity contribution in [1.29, 1.82) is 0 Å². The number of benzene rings is 2. The molecule has 110 valence electrons. The lowest BCUT2D eigenvalue weighted by atomic mass is 9.98. The molecular formula is C17H18BrNOS. The average molecular weight is 364 g/mol. The minimum absolute atomic E-state index is 0.138. The van der Waals surface area contributed by atoms with Crippen molar-refractivity contribution in [2.24, 2.45) is 5.92 Å². The molecule has 1 N–H and O–H groups in total. The lowest BCUT2D eigenvalue weighted by Gasteiger charge is -2.20. The molecule has 0 aliphatic carbocycles. The molecular weight excluding hydrogens is 346 g/mol. The Morgan fingerprint density at radius 2 is 1.86 bits per heavy atom. The normalized spacial score (nSPS) is 16.0. The summed E-state index contributed by atoms with van der Waals surface area (Å²) in [6, 6.07) is 12.1. The number of hydrogen-bond donors (Lipinski definition) is 1. The first kappa shape index (κ1) is 14.9. The zero-order valence-electron chi connectivity index (χ0n) is 11.8. The molecule has 21 heavy (non-hydrogen) atoms. The number of amides is 1. The van der Waals surface area contributed by atoms with E-state index in [-0.39, 0.29) is 5.91 Å². The average Bonchev–Trinajstić information content (AvgIpc) is 2.51. The van der Waals surface area contributed by atoms with E-state index in [0.29, 0.717) is 12.3 Å². The Kier molecular flexibility index (Phi) is 4.86. The van der Waals surface area contributed by atoms with Crippen molar-refractivity contribution in [3.05, 3.63) is 40.9 Å². The molecule has 1 aliphatic heterocycles. The fraction of sp³-hybridized carbons (Fsp3) is 0.353. The first-order valence-corrected chi connectivity index (χ1v) is 9.23. The highest BCUT2D eigenvalue weighted by Gasteiger charge is 2.17. The molecule has 1 aliphatic rings. The summed E-state index contributed by atoms with van der Waals surface area (Å²) in [6.45, 7) is 0. The van der Waals surface area contributed by atoms with E-state index in [0.717, 1.165) is 20.9 Å². The molecule has 1 amide bonds. The van der Waals surface area contributed by atoms with E-state index in [1.54, 1.807) is 0 Å². The van der Waals surface area contributed by atoms with Crippen LogP contribution in [0.4, 0.5) is 5.69 Å². The summed E-state index contributed by atoms with van der Waals surface area (Å²) in [5.41, 5.74) is 0.906. The van der Waals surface area contributed by atoms with Gasteiger partial charge < -0.3 is 5.32 Å². The number of rotatable bonds is 3. The van der Waals surface area contributed by atoms with Crippen molar-refractivity contribution in [2.75, 3.05) is 16.8 Å². The predicted octanol–water partition coefficient (Wildman–Crippen LogP) is 5.07. The maximum absolute atomic E-state index is 12.3. The van der Waals surface area contributed by atoms with Gasteiger partial charge in [0.05, 0.1) is 0 Å². The molecule has 4 heteroatoms. The van der Waals surface area contributed by atoms with E-state index < -0.39 is 0 Å². The van der Waals surface area contributed by atoms with Gasteiger partial charge in [-0.15, -0.1) is 0 Å². The number of hydrogen-bond acceptors (Lipinski definition) is 2. The highest BCUT2D eigenvalue weighted by Crippen LogP contribution is 2.31. The van der Waals surface area contributed by atoms with Crippen LogP contribution in [0, 0.1) is 5.92 Å². The van der Waals surface area contributed by atoms with Gasteiger partial charge in [-0.2, -0.15) is 11.8 Å². The van der Waals surface area contributed by atoms with Gasteiger partial charge in [0, 0.05) is 22.0 Å². The molecule has 1 fully saturated rings. The Morgan fingerprint density at radius 3 is 2.62 bits per heavy atom. The van der Waals surface area contributed by atoms with Crippen molar-refractivity contribution in [1.82, 2.24) is 0 Å². The molecule has 1 heterocycles. The summed E-state index contributed by atoms with van der Waals surface area (Å²) in [5, 5.41) is 5.30. The van der Waals surface area contributed by atoms with E-state index >= 15 is 0 Å². The molecule has 0 aromatic heterocycles. The van der Waals surface area contributed by atoms with Gasteiger partial charge in [0.2, 0.25) is 5.91 Å². The number of nitrogens with one attached hydrogen (secondary N) is 1. The monoisotopic (exact) mass is 363 g/mol. The van der Waals surface area contributed by atoms with E-state index in [9.17, 15) is 4.79 Å². The van der Waals surface area contributed by atoms with Crippen molar-refractivity contribution in [3.63, 3.8) is 0 Å². The Bertz CT molecular complexity index is 652. The van der Waals surface area contributed by atoms with Gasteiger partial charge in [-0.25, -0.2) is 0 Å². The summed E-state index contributed by atoms with van der Waals surface area (Å²) >= 11 is 5.56. The molecule has 0 radical (unpaired) electrons. The number of carbonyl (C=O) groups excluding carboxylic acids is 1. The fourth-order valence-corrected chi connectivity index (χ4v) is 4.47. The molecule has 0 saturated carbocycles. The summed E-state index contributed by atoms with van der Waals surface area (Å²) in [5.74, 6) is 3.07. The third kappa shape index (κ3) is 3.61. The summed E-state index contributed by atoms with van der Waals surface area (Å²) < 4.78 is 1.06. The topological polar surface area (TPSA) is 29.1 Å². The van der Waals surface area contributed by atoms with Crippen molar-refractivity contribution < 1.29 is 4.79 Å². The van der Waals surface area contributed by atoms with Gasteiger partial charge in [0.25, 0.3) is 0 Å². The zero-order valence-corrected chi connectivity index (χ0v) is 14.2. The highest BCUT2D eigenvalue weighted by atomic mass is 79.9.